The van der Waals surface area contributed by atoms with E-state index in [0.717, 1.165) is 49.3 Å². The van der Waals surface area contributed by atoms with Crippen molar-refractivity contribution >= 4 is 11.8 Å². The highest BCUT2D eigenvalue weighted by atomic mass is 15.3. The second kappa shape index (κ2) is 6.18. The number of aromatic nitrogens is 4. The van der Waals surface area contributed by atoms with Crippen molar-refractivity contribution in [2.24, 2.45) is 11.8 Å². The maximum Gasteiger partial charge on any atom is 0.225 e. The summed E-state index contributed by atoms with van der Waals surface area (Å²) < 4.78 is 0. The number of nitrogens with zero attached hydrogens (tertiary/aromatic N) is 6. The lowest BCUT2D eigenvalue weighted by Crippen LogP contribution is -2.30. The molecule has 0 bridgehead atoms. The molecule has 0 aromatic carbocycles. The summed E-state index contributed by atoms with van der Waals surface area (Å²) in [6, 6.07) is 4.27. The zero-order valence-corrected chi connectivity index (χ0v) is 15.6. The molecule has 2 aromatic heterocycles. The maximum atomic E-state index is 4.65. The van der Waals surface area contributed by atoms with Crippen molar-refractivity contribution in [1.82, 2.24) is 19.9 Å². The molecule has 1 saturated carbocycles. The highest BCUT2D eigenvalue weighted by Gasteiger charge is 2.41. The predicted octanol–water partition coefficient (Wildman–Crippen LogP) is 2.72. The first-order valence-electron chi connectivity index (χ1n) is 9.80. The molecule has 1 aliphatic carbocycles. The van der Waals surface area contributed by atoms with Crippen molar-refractivity contribution in [3.05, 3.63) is 35.5 Å². The molecule has 3 aliphatic rings. The third kappa shape index (κ3) is 2.81. The Labute approximate surface area is 154 Å². The fourth-order valence-electron chi connectivity index (χ4n) is 4.65. The van der Waals surface area contributed by atoms with Gasteiger partial charge in [0.25, 0.3) is 0 Å². The number of aryl methyl sites for hydroxylation is 2. The number of anilines is 2. The minimum Gasteiger partial charge on any atom is -0.356 e. The zero-order chi connectivity index (χ0) is 17.7. The van der Waals surface area contributed by atoms with E-state index in [4.69, 9.17) is 0 Å². The van der Waals surface area contributed by atoms with Gasteiger partial charge < -0.3 is 9.80 Å². The molecular weight excluding hydrogens is 324 g/mol. The molecular formula is C20H26N6. The summed E-state index contributed by atoms with van der Waals surface area (Å²) in [5.41, 5.74) is 3.34. The second-order valence-corrected chi connectivity index (χ2v) is 8.21. The van der Waals surface area contributed by atoms with Gasteiger partial charge in [-0.1, -0.05) is 6.42 Å². The van der Waals surface area contributed by atoms with Gasteiger partial charge >= 0.3 is 0 Å². The van der Waals surface area contributed by atoms with Gasteiger partial charge in [0.15, 0.2) is 0 Å². The molecule has 2 unspecified atom stereocenters. The van der Waals surface area contributed by atoms with Crippen LogP contribution in [0.15, 0.2) is 18.5 Å². The molecule has 0 amide bonds. The van der Waals surface area contributed by atoms with Crippen molar-refractivity contribution in [3.8, 4) is 0 Å². The molecule has 2 saturated heterocycles. The van der Waals surface area contributed by atoms with Gasteiger partial charge in [0.2, 0.25) is 5.95 Å². The highest BCUT2D eigenvalue weighted by molar-refractivity contribution is 5.44. The SMILES string of the molecule is Cc1cc(C)nc(N2CC3CN(c4cc(C5CCC5)ncn4)CC3C2)n1. The molecule has 5 rings (SSSR count). The van der Waals surface area contributed by atoms with Crippen LogP contribution >= 0.6 is 0 Å². The Hall–Kier alpha value is -2.24. The van der Waals surface area contributed by atoms with E-state index < -0.39 is 0 Å². The summed E-state index contributed by atoms with van der Waals surface area (Å²) in [4.78, 5) is 23.2. The average molecular weight is 350 g/mol. The molecule has 4 heterocycles. The van der Waals surface area contributed by atoms with Gasteiger partial charge in [0.1, 0.15) is 12.1 Å². The van der Waals surface area contributed by atoms with E-state index in [9.17, 15) is 0 Å². The molecule has 0 radical (unpaired) electrons. The number of hydrogen-bond donors (Lipinski definition) is 0. The van der Waals surface area contributed by atoms with Crippen LogP contribution in [0.3, 0.4) is 0 Å². The van der Waals surface area contributed by atoms with E-state index in [1.807, 2.05) is 19.9 Å². The summed E-state index contributed by atoms with van der Waals surface area (Å²) in [6.07, 6.45) is 5.67. The Bertz CT molecular complexity index is 783. The van der Waals surface area contributed by atoms with Gasteiger partial charge in [-0.3, -0.25) is 0 Å². The molecule has 0 spiro atoms. The maximum absolute atomic E-state index is 4.65. The smallest absolute Gasteiger partial charge is 0.225 e. The minimum absolute atomic E-state index is 0.663. The Morgan fingerprint density at radius 1 is 0.846 bits per heavy atom. The van der Waals surface area contributed by atoms with E-state index in [1.54, 1.807) is 6.33 Å². The first-order chi connectivity index (χ1) is 12.7. The standard InChI is InChI=1S/C20H26N6/c1-13-6-14(2)24-20(23-13)26-10-16-8-25(9-17(16)11-26)19-7-18(21-12-22-19)15-4-3-5-15/h6-7,12,15-17H,3-5,8-11H2,1-2H3. The molecule has 136 valence electrons. The summed E-state index contributed by atoms with van der Waals surface area (Å²) in [5.74, 6) is 4.02. The summed E-state index contributed by atoms with van der Waals surface area (Å²) >= 11 is 0. The molecule has 2 aliphatic heterocycles. The van der Waals surface area contributed by atoms with E-state index in [1.165, 1.54) is 25.0 Å². The Balaban J connectivity index is 1.28. The Morgan fingerprint density at radius 3 is 2.12 bits per heavy atom. The lowest BCUT2D eigenvalue weighted by molar-refractivity contribution is 0.410. The van der Waals surface area contributed by atoms with E-state index >= 15 is 0 Å². The Kier molecular flexibility index (Phi) is 3.80. The normalized spacial score (nSPS) is 25.5. The minimum atomic E-state index is 0.663. The van der Waals surface area contributed by atoms with Crippen LogP contribution in [0.25, 0.3) is 0 Å². The van der Waals surface area contributed by atoms with Gasteiger partial charge in [0, 0.05) is 67.1 Å². The van der Waals surface area contributed by atoms with E-state index in [-0.39, 0.29) is 0 Å². The quantitative estimate of drug-likeness (QED) is 0.848. The van der Waals surface area contributed by atoms with Crippen molar-refractivity contribution in [3.63, 3.8) is 0 Å². The van der Waals surface area contributed by atoms with Gasteiger partial charge in [-0.05, 0) is 32.8 Å². The molecule has 2 aromatic rings. The third-order valence-corrected chi connectivity index (χ3v) is 6.26. The van der Waals surface area contributed by atoms with Crippen LogP contribution in [0.4, 0.5) is 11.8 Å². The van der Waals surface area contributed by atoms with Crippen molar-refractivity contribution in [1.29, 1.82) is 0 Å². The van der Waals surface area contributed by atoms with Crippen molar-refractivity contribution in [2.45, 2.75) is 39.0 Å². The van der Waals surface area contributed by atoms with Crippen LogP contribution < -0.4 is 9.80 Å². The van der Waals surface area contributed by atoms with Crippen molar-refractivity contribution in [2.75, 3.05) is 36.0 Å². The van der Waals surface area contributed by atoms with Crippen LogP contribution in [-0.2, 0) is 0 Å². The highest BCUT2D eigenvalue weighted by Crippen LogP contribution is 2.38. The predicted molar refractivity (Wildman–Crippen MR) is 102 cm³/mol. The third-order valence-electron chi connectivity index (χ3n) is 6.26. The molecule has 6 nitrogen and oxygen atoms in total. The molecule has 3 fully saturated rings. The Morgan fingerprint density at radius 2 is 1.50 bits per heavy atom. The van der Waals surface area contributed by atoms with Crippen LogP contribution in [0.2, 0.25) is 0 Å². The summed E-state index contributed by atoms with van der Waals surface area (Å²) in [7, 11) is 0. The lowest BCUT2D eigenvalue weighted by Gasteiger charge is -2.26. The zero-order valence-electron chi connectivity index (χ0n) is 15.6. The van der Waals surface area contributed by atoms with E-state index in [0.29, 0.717) is 17.8 Å². The van der Waals surface area contributed by atoms with Crippen LogP contribution in [0, 0.1) is 25.7 Å². The molecule has 6 heteroatoms. The first kappa shape index (κ1) is 16.0. The van der Waals surface area contributed by atoms with Crippen LogP contribution in [-0.4, -0.2) is 46.1 Å². The number of hydrogen-bond acceptors (Lipinski definition) is 6. The molecule has 0 N–H and O–H groups in total. The van der Waals surface area contributed by atoms with Gasteiger partial charge in [-0.2, -0.15) is 0 Å². The van der Waals surface area contributed by atoms with Crippen LogP contribution in [0.1, 0.15) is 42.3 Å². The number of rotatable bonds is 3. The topological polar surface area (TPSA) is 58.0 Å². The largest absolute Gasteiger partial charge is 0.356 e. The van der Waals surface area contributed by atoms with Crippen molar-refractivity contribution < 1.29 is 0 Å². The fraction of sp³-hybridized carbons (Fsp3) is 0.600. The second-order valence-electron chi connectivity index (χ2n) is 8.21. The van der Waals surface area contributed by atoms with E-state index in [2.05, 4.69) is 35.8 Å². The van der Waals surface area contributed by atoms with Gasteiger partial charge in [-0.15, -0.1) is 0 Å². The molecule has 26 heavy (non-hydrogen) atoms. The summed E-state index contributed by atoms with van der Waals surface area (Å²) in [6.45, 7) is 8.34. The average Bonchev–Trinajstić information content (AvgIpc) is 3.11. The molecule has 2 atom stereocenters. The summed E-state index contributed by atoms with van der Waals surface area (Å²) in [5, 5.41) is 0. The fourth-order valence-corrected chi connectivity index (χ4v) is 4.65. The van der Waals surface area contributed by atoms with Gasteiger partial charge in [-0.25, -0.2) is 19.9 Å². The van der Waals surface area contributed by atoms with Gasteiger partial charge in [0.05, 0.1) is 0 Å². The first-order valence-corrected chi connectivity index (χ1v) is 9.80. The number of fused-ring (bicyclic) bond motifs is 1. The van der Waals surface area contributed by atoms with Crippen LogP contribution in [0.5, 0.6) is 0 Å². The lowest BCUT2D eigenvalue weighted by atomic mass is 9.83. The monoisotopic (exact) mass is 350 g/mol.